The van der Waals surface area contributed by atoms with Crippen molar-refractivity contribution in [3.8, 4) is 5.75 Å². The van der Waals surface area contributed by atoms with E-state index >= 15 is 0 Å². The Morgan fingerprint density at radius 3 is 2.58 bits per heavy atom. The fourth-order valence-electron chi connectivity index (χ4n) is 1.37. The van der Waals surface area contributed by atoms with Gasteiger partial charge < -0.3 is 15.7 Å². The molecule has 0 bridgehead atoms. The van der Waals surface area contributed by atoms with Crippen LogP contribution in [0.5, 0.6) is 5.75 Å². The van der Waals surface area contributed by atoms with Crippen LogP contribution in [0.2, 0.25) is 0 Å². The van der Waals surface area contributed by atoms with Gasteiger partial charge in [-0.3, -0.25) is 0 Å². The maximum atomic E-state index is 12.9. The molecule has 0 radical (unpaired) electrons. The second kappa shape index (κ2) is 5.81. The Balaban J connectivity index is 3.25. The zero-order valence-corrected chi connectivity index (χ0v) is 10.5. The molecule has 1 aromatic carbocycles. The molecule has 0 fully saturated rings. The van der Waals surface area contributed by atoms with Gasteiger partial charge >= 0.3 is 6.18 Å². The van der Waals surface area contributed by atoms with Crippen molar-refractivity contribution in [2.75, 3.05) is 0 Å². The third kappa shape index (κ3) is 3.77. The highest BCUT2D eigenvalue weighted by molar-refractivity contribution is 5.97. The summed E-state index contributed by atoms with van der Waals surface area (Å²) in [6.45, 7) is 3.49. The molecule has 1 aromatic rings. The van der Waals surface area contributed by atoms with Gasteiger partial charge in [0.1, 0.15) is 5.75 Å². The van der Waals surface area contributed by atoms with Crippen molar-refractivity contribution in [3.05, 3.63) is 29.3 Å². The zero-order chi connectivity index (χ0) is 14.6. The number of ether oxygens (including phenoxy) is 1. The smallest absolute Gasteiger partial charge is 0.419 e. The first kappa shape index (κ1) is 15.1. The monoisotopic (exact) mass is 276 g/mol. The summed E-state index contributed by atoms with van der Waals surface area (Å²) in [4.78, 5) is 0. The van der Waals surface area contributed by atoms with Crippen LogP contribution in [-0.2, 0) is 6.18 Å². The Labute approximate surface area is 108 Å². The normalized spacial score (nSPS) is 14.3. The first-order valence-electron chi connectivity index (χ1n) is 5.65. The highest BCUT2D eigenvalue weighted by Gasteiger charge is 2.35. The Hall–Kier alpha value is -1.92. The van der Waals surface area contributed by atoms with Crippen molar-refractivity contribution in [1.82, 2.24) is 0 Å². The van der Waals surface area contributed by atoms with E-state index in [1.807, 2.05) is 6.92 Å². The van der Waals surface area contributed by atoms with E-state index in [9.17, 15) is 13.2 Å². The molecule has 0 heterocycles. The van der Waals surface area contributed by atoms with E-state index < -0.39 is 11.7 Å². The molecule has 1 atom stereocenters. The molecule has 106 valence electrons. The molecule has 0 aromatic heterocycles. The molecular formula is C12H15F3N2O2. The molecule has 0 saturated heterocycles. The zero-order valence-electron chi connectivity index (χ0n) is 10.5. The van der Waals surface area contributed by atoms with Gasteiger partial charge in [0, 0.05) is 5.56 Å². The van der Waals surface area contributed by atoms with Crippen molar-refractivity contribution in [3.63, 3.8) is 0 Å². The molecule has 3 N–H and O–H groups in total. The van der Waals surface area contributed by atoms with Crippen LogP contribution < -0.4 is 10.5 Å². The van der Waals surface area contributed by atoms with Crippen molar-refractivity contribution < 1.29 is 23.1 Å². The molecular weight excluding hydrogens is 261 g/mol. The molecule has 7 heteroatoms. The van der Waals surface area contributed by atoms with E-state index in [-0.39, 0.29) is 23.3 Å². The summed E-state index contributed by atoms with van der Waals surface area (Å²) in [5.41, 5.74) is 4.31. The molecule has 0 aliphatic heterocycles. The predicted molar refractivity (Wildman–Crippen MR) is 64.3 cm³/mol. The number of halogens is 3. The summed E-state index contributed by atoms with van der Waals surface area (Å²) in [6, 6.07) is 3.27. The molecule has 0 aliphatic carbocycles. The standard InChI is InChI=1S/C12H15F3N2O2/c1-3-7(2)19-10-5-4-8(11(16)17-18)6-9(10)12(13,14)15/h4-7,18H,3H2,1-2H3,(H2,16,17). The summed E-state index contributed by atoms with van der Waals surface area (Å²) >= 11 is 0. The fourth-order valence-corrected chi connectivity index (χ4v) is 1.37. The van der Waals surface area contributed by atoms with Crippen LogP contribution in [0.15, 0.2) is 23.4 Å². The average Bonchev–Trinajstić information content (AvgIpc) is 2.36. The van der Waals surface area contributed by atoms with Crippen molar-refractivity contribution in [1.29, 1.82) is 0 Å². The summed E-state index contributed by atoms with van der Waals surface area (Å²) in [5, 5.41) is 11.2. The predicted octanol–water partition coefficient (Wildman–Crippen LogP) is 2.98. The molecule has 4 nitrogen and oxygen atoms in total. The van der Waals surface area contributed by atoms with E-state index in [0.717, 1.165) is 6.07 Å². The number of nitrogens with two attached hydrogens (primary N) is 1. The van der Waals surface area contributed by atoms with Crippen molar-refractivity contribution in [2.24, 2.45) is 10.9 Å². The van der Waals surface area contributed by atoms with Gasteiger partial charge in [-0.05, 0) is 31.5 Å². The van der Waals surface area contributed by atoms with Gasteiger partial charge in [-0.1, -0.05) is 12.1 Å². The first-order chi connectivity index (χ1) is 8.79. The highest BCUT2D eigenvalue weighted by atomic mass is 19.4. The quantitative estimate of drug-likeness (QED) is 0.384. The summed E-state index contributed by atoms with van der Waals surface area (Å²) in [5.74, 6) is -0.656. The molecule has 1 unspecified atom stereocenters. The number of amidine groups is 1. The van der Waals surface area contributed by atoms with Gasteiger partial charge in [-0.2, -0.15) is 13.2 Å². The number of hydrogen-bond donors (Lipinski definition) is 2. The second-order valence-corrected chi connectivity index (χ2v) is 4.03. The van der Waals surface area contributed by atoms with Gasteiger partial charge in [-0.15, -0.1) is 0 Å². The maximum absolute atomic E-state index is 12.9. The molecule has 19 heavy (non-hydrogen) atoms. The average molecular weight is 276 g/mol. The van der Waals surface area contributed by atoms with Crippen LogP contribution in [0.4, 0.5) is 13.2 Å². The number of nitrogens with zero attached hydrogens (tertiary/aromatic N) is 1. The number of alkyl halides is 3. The third-order valence-corrected chi connectivity index (χ3v) is 2.59. The molecule has 0 amide bonds. The van der Waals surface area contributed by atoms with Crippen LogP contribution in [0.3, 0.4) is 0 Å². The minimum absolute atomic E-state index is 0.0219. The minimum Gasteiger partial charge on any atom is -0.490 e. The second-order valence-electron chi connectivity index (χ2n) is 4.03. The first-order valence-corrected chi connectivity index (χ1v) is 5.65. The summed E-state index contributed by atoms with van der Waals surface area (Å²) in [7, 11) is 0. The van der Waals surface area contributed by atoms with Crippen molar-refractivity contribution >= 4 is 5.84 Å². The summed E-state index contributed by atoms with van der Waals surface area (Å²) < 4.78 is 44.0. The van der Waals surface area contributed by atoms with Gasteiger partial charge in [0.25, 0.3) is 0 Å². The molecule has 1 rings (SSSR count). The summed E-state index contributed by atoms with van der Waals surface area (Å²) in [6.07, 6.45) is -4.33. The molecule has 0 aliphatic rings. The van der Waals surface area contributed by atoms with Gasteiger partial charge in [0.2, 0.25) is 0 Å². The topological polar surface area (TPSA) is 67.8 Å². The third-order valence-electron chi connectivity index (χ3n) is 2.59. The van der Waals surface area contributed by atoms with E-state index in [0.29, 0.717) is 6.42 Å². The van der Waals surface area contributed by atoms with Crippen LogP contribution in [0.25, 0.3) is 0 Å². The minimum atomic E-state index is -4.57. The van der Waals surface area contributed by atoms with Gasteiger partial charge in [0.05, 0.1) is 11.7 Å². The number of benzene rings is 1. The maximum Gasteiger partial charge on any atom is 0.419 e. The Bertz CT molecular complexity index is 473. The Morgan fingerprint density at radius 2 is 2.11 bits per heavy atom. The van der Waals surface area contributed by atoms with E-state index in [4.69, 9.17) is 15.7 Å². The Morgan fingerprint density at radius 1 is 1.47 bits per heavy atom. The fraction of sp³-hybridized carbons (Fsp3) is 0.417. The molecule has 0 spiro atoms. The van der Waals surface area contributed by atoms with Crippen LogP contribution in [0.1, 0.15) is 31.4 Å². The van der Waals surface area contributed by atoms with Crippen LogP contribution in [-0.4, -0.2) is 17.1 Å². The lowest BCUT2D eigenvalue weighted by atomic mass is 10.1. The van der Waals surface area contributed by atoms with E-state index in [1.165, 1.54) is 12.1 Å². The largest absolute Gasteiger partial charge is 0.490 e. The highest BCUT2D eigenvalue weighted by Crippen LogP contribution is 2.37. The van der Waals surface area contributed by atoms with Crippen molar-refractivity contribution in [2.45, 2.75) is 32.5 Å². The number of hydrogen-bond acceptors (Lipinski definition) is 3. The van der Waals surface area contributed by atoms with E-state index in [2.05, 4.69) is 5.16 Å². The van der Waals surface area contributed by atoms with Gasteiger partial charge in [0.15, 0.2) is 5.84 Å². The lowest BCUT2D eigenvalue weighted by Crippen LogP contribution is -2.18. The SMILES string of the molecule is CCC(C)Oc1ccc(/C(N)=N/O)cc1C(F)(F)F. The lowest BCUT2D eigenvalue weighted by molar-refractivity contribution is -0.139. The van der Waals surface area contributed by atoms with E-state index in [1.54, 1.807) is 6.92 Å². The lowest BCUT2D eigenvalue weighted by Gasteiger charge is -2.18. The van der Waals surface area contributed by atoms with Crippen LogP contribution in [0, 0.1) is 0 Å². The number of rotatable bonds is 4. The van der Waals surface area contributed by atoms with Crippen LogP contribution >= 0.6 is 0 Å². The molecule has 0 saturated carbocycles. The van der Waals surface area contributed by atoms with Gasteiger partial charge in [-0.25, -0.2) is 0 Å². The Kier molecular flexibility index (Phi) is 4.63. The number of oxime groups is 1.